The molecule has 0 spiro atoms. The number of ether oxygens (including phenoxy) is 1. The molecule has 0 atom stereocenters. The highest BCUT2D eigenvalue weighted by molar-refractivity contribution is 7.17. The van der Waals surface area contributed by atoms with Gasteiger partial charge in [0.2, 0.25) is 0 Å². The Labute approximate surface area is 152 Å². The summed E-state index contributed by atoms with van der Waals surface area (Å²) in [5.41, 5.74) is -0.0492. The van der Waals surface area contributed by atoms with Crippen molar-refractivity contribution < 1.29 is 17.9 Å². The second kappa shape index (κ2) is 6.88. The Bertz CT molecular complexity index is 815. The predicted octanol–water partition coefficient (Wildman–Crippen LogP) is 3.40. The summed E-state index contributed by atoms with van der Waals surface area (Å²) in [6, 6.07) is 5.41. The molecule has 0 bridgehead atoms. The first-order chi connectivity index (χ1) is 12.5. The topological polar surface area (TPSA) is 41.0 Å². The number of nitrogens with zero attached hydrogens (tertiary/aromatic N) is 4. The van der Waals surface area contributed by atoms with Gasteiger partial charge in [0.15, 0.2) is 10.9 Å². The number of anilines is 2. The van der Waals surface area contributed by atoms with Crippen LogP contribution in [-0.4, -0.2) is 44.2 Å². The van der Waals surface area contributed by atoms with Crippen LogP contribution >= 0.6 is 11.3 Å². The Morgan fingerprint density at radius 3 is 2.77 bits per heavy atom. The van der Waals surface area contributed by atoms with Crippen LogP contribution < -0.4 is 9.80 Å². The maximum atomic E-state index is 12.9. The van der Waals surface area contributed by atoms with Crippen molar-refractivity contribution >= 4 is 28.5 Å². The van der Waals surface area contributed by atoms with E-state index < -0.39 is 11.7 Å². The zero-order valence-corrected chi connectivity index (χ0v) is 14.7. The number of benzene rings is 1. The minimum Gasteiger partial charge on any atom is -0.378 e. The molecular weight excluding hydrogens is 365 g/mol. The van der Waals surface area contributed by atoms with Crippen LogP contribution in [0.2, 0.25) is 0 Å². The zero-order valence-electron chi connectivity index (χ0n) is 13.9. The summed E-state index contributed by atoms with van der Waals surface area (Å²) in [5, 5.41) is 0.903. The Kier molecular flexibility index (Phi) is 4.58. The molecule has 2 aliphatic rings. The van der Waals surface area contributed by atoms with Crippen LogP contribution in [0, 0.1) is 0 Å². The molecule has 3 heterocycles. The molecule has 138 valence electrons. The lowest BCUT2D eigenvalue weighted by Crippen LogP contribution is -2.36. The van der Waals surface area contributed by atoms with Crippen LogP contribution in [0.25, 0.3) is 0 Å². The molecule has 2 aromatic rings. The first-order valence-electron chi connectivity index (χ1n) is 8.25. The standard InChI is InChI=1S/C17H17F3N4OS/c18-17(19,20)13-3-1-2-12(8-13)10-24-11-21-9-14-15(24)22-16(26-14)23-4-6-25-7-5-23/h1-3,8-9H,4-7,10-11H2. The molecule has 0 unspecified atom stereocenters. The van der Waals surface area contributed by atoms with E-state index in [9.17, 15) is 13.2 Å². The molecule has 1 fully saturated rings. The number of hydrogen-bond acceptors (Lipinski definition) is 6. The summed E-state index contributed by atoms with van der Waals surface area (Å²) >= 11 is 1.55. The monoisotopic (exact) mass is 382 g/mol. The first kappa shape index (κ1) is 17.3. The van der Waals surface area contributed by atoms with Gasteiger partial charge in [0.05, 0.1) is 23.7 Å². The minimum absolute atomic E-state index is 0.334. The van der Waals surface area contributed by atoms with E-state index in [-0.39, 0.29) is 0 Å². The van der Waals surface area contributed by atoms with Gasteiger partial charge in [-0.3, -0.25) is 4.99 Å². The first-order valence-corrected chi connectivity index (χ1v) is 9.07. The summed E-state index contributed by atoms with van der Waals surface area (Å²) in [7, 11) is 0. The molecule has 0 N–H and O–H groups in total. The normalized spacial score (nSPS) is 17.5. The number of morpholine rings is 1. The van der Waals surface area contributed by atoms with Crippen molar-refractivity contribution in [3.8, 4) is 0 Å². The van der Waals surface area contributed by atoms with E-state index in [2.05, 4.69) is 9.89 Å². The molecule has 4 rings (SSSR count). The van der Waals surface area contributed by atoms with Crippen LogP contribution in [0.1, 0.15) is 16.0 Å². The third kappa shape index (κ3) is 3.54. The molecule has 9 heteroatoms. The molecular formula is C17H17F3N4OS. The maximum absolute atomic E-state index is 12.9. The fraction of sp³-hybridized carbons (Fsp3) is 0.412. The third-order valence-electron chi connectivity index (χ3n) is 4.29. The van der Waals surface area contributed by atoms with Crippen molar-refractivity contribution in [2.75, 3.05) is 42.8 Å². The largest absolute Gasteiger partial charge is 0.416 e. The number of aliphatic imine (C=N–C) groups is 1. The summed E-state index contributed by atoms with van der Waals surface area (Å²) < 4.78 is 44.2. The quantitative estimate of drug-likeness (QED) is 0.816. The van der Waals surface area contributed by atoms with Gasteiger partial charge in [-0.2, -0.15) is 13.2 Å². The van der Waals surface area contributed by atoms with Gasteiger partial charge in [-0.1, -0.05) is 23.5 Å². The Hall–Kier alpha value is -2.13. The molecule has 1 aromatic carbocycles. The van der Waals surface area contributed by atoms with Crippen LogP contribution in [0.5, 0.6) is 0 Å². The Balaban J connectivity index is 1.56. The SMILES string of the molecule is FC(F)(F)c1cccc(CN2CN=Cc3sc(N4CCOCC4)nc32)c1. The number of halogens is 3. The molecule has 1 aromatic heterocycles. The van der Waals surface area contributed by atoms with Crippen molar-refractivity contribution in [3.05, 3.63) is 40.3 Å². The van der Waals surface area contributed by atoms with E-state index >= 15 is 0 Å². The van der Waals surface area contributed by atoms with Gasteiger partial charge in [-0.25, -0.2) is 4.98 Å². The molecule has 0 saturated carbocycles. The number of hydrogen-bond donors (Lipinski definition) is 0. The highest BCUT2D eigenvalue weighted by atomic mass is 32.1. The molecule has 26 heavy (non-hydrogen) atoms. The van der Waals surface area contributed by atoms with Crippen LogP contribution in [0.4, 0.5) is 24.1 Å². The molecule has 0 radical (unpaired) electrons. The Morgan fingerprint density at radius 1 is 1.19 bits per heavy atom. The second-order valence-corrected chi connectivity index (χ2v) is 7.14. The highest BCUT2D eigenvalue weighted by Crippen LogP contribution is 2.35. The van der Waals surface area contributed by atoms with Gasteiger partial charge in [0.25, 0.3) is 0 Å². The molecule has 1 saturated heterocycles. The van der Waals surface area contributed by atoms with Crippen molar-refractivity contribution in [2.24, 2.45) is 4.99 Å². The predicted molar refractivity (Wildman–Crippen MR) is 95.2 cm³/mol. The van der Waals surface area contributed by atoms with Gasteiger partial charge in [0.1, 0.15) is 6.67 Å². The number of rotatable bonds is 3. The minimum atomic E-state index is -4.34. The molecule has 0 aliphatic carbocycles. The fourth-order valence-corrected chi connectivity index (χ4v) is 4.03. The number of thiazole rings is 1. The van der Waals surface area contributed by atoms with E-state index in [4.69, 9.17) is 9.72 Å². The smallest absolute Gasteiger partial charge is 0.378 e. The van der Waals surface area contributed by atoms with Gasteiger partial charge in [-0.15, -0.1) is 0 Å². The average molecular weight is 382 g/mol. The fourth-order valence-electron chi connectivity index (χ4n) is 2.99. The Morgan fingerprint density at radius 2 is 2.00 bits per heavy atom. The zero-order chi connectivity index (χ0) is 18.1. The van der Waals surface area contributed by atoms with Gasteiger partial charge in [-0.05, 0) is 17.7 Å². The lowest BCUT2D eigenvalue weighted by molar-refractivity contribution is -0.137. The van der Waals surface area contributed by atoms with Gasteiger partial charge < -0.3 is 14.5 Å². The summed E-state index contributed by atoms with van der Waals surface area (Å²) in [6.45, 7) is 3.64. The van der Waals surface area contributed by atoms with E-state index in [1.807, 2.05) is 4.90 Å². The molecule has 5 nitrogen and oxygen atoms in total. The second-order valence-electron chi connectivity index (χ2n) is 6.13. The van der Waals surface area contributed by atoms with Crippen LogP contribution in [0.3, 0.4) is 0 Å². The molecule has 2 aliphatic heterocycles. The summed E-state index contributed by atoms with van der Waals surface area (Å²) in [5.74, 6) is 0.781. The highest BCUT2D eigenvalue weighted by Gasteiger charge is 2.30. The number of alkyl halides is 3. The summed E-state index contributed by atoms with van der Waals surface area (Å²) in [6.07, 6.45) is -2.55. The van der Waals surface area contributed by atoms with E-state index in [0.717, 1.165) is 35.0 Å². The lowest BCUT2D eigenvalue weighted by Gasteiger charge is -2.26. The van der Waals surface area contributed by atoms with Crippen molar-refractivity contribution in [2.45, 2.75) is 12.7 Å². The lowest BCUT2D eigenvalue weighted by atomic mass is 10.1. The number of aromatic nitrogens is 1. The molecule has 0 amide bonds. The van der Waals surface area contributed by atoms with E-state index in [1.165, 1.54) is 12.1 Å². The number of fused-ring (bicyclic) bond motifs is 1. The third-order valence-corrected chi connectivity index (χ3v) is 5.33. The van der Waals surface area contributed by atoms with Crippen molar-refractivity contribution in [3.63, 3.8) is 0 Å². The summed E-state index contributed by atoms with van der Waals surface area (Å²) in [4.78, 5) is 14.1. The van der Waals surface area contributed by atoms with E-state index in [1.54, 1.807) is 23.6 Å². The maximum Gasteiger partial charge on any atom is 0.416 e. The van der Waals surface area contributed by atoms with Crippen LogP contribution in [0.15, 0.2) is 29.3 Å². The van der Waals surface area contributed by atoms with Crippen molar-refractivity contribution in [1.82, 2.24) is 4.98 Å². The van der Waals surface area contributed by atoms with Crippen molar-refractivity contribution in [1.29, 1.82) is 0 Å². The van der Waals surface area contributed by atoms with E-state index in [0.29, 0.717) is 32.0 Å². The average Bonchev–Trinajstić information content (AvgIpc) is 3.07. The van der Waals surface area contributed by atoms with Crippen LogP contribution in [-0.2, 0) is 17.5 Å². The van der Waals surface area contributed by atoms with Gasteiger partial charge >= 0.3 is 6.18 Å². The van der Waals surface area contributed by atoms with Gasteiger partial charge in [0, 0.05) is 25.8 Å².